The van der Waals surface area contributed by atoms with Gasteiger partial charge in [0.25, 0.3) is 5.91 Å². The summed E-state index contributed by atoms with van der Waals surface area (Å²) >= 11 is 0. The van der Waals surface area contributed by atoms with Crippen molar-refractivity contribution in [3.63, 3.8) is 0 Å². The van der Waals surface area contributed by atoms with Crippen LogP contribution in [0.2, 0.25) is 0 Å². The van der Waals surface area contributed by atoms with Crippen LogP contribution in [0.25, 0.3) is 16.9 Å². The van der Waals surface area contributed by atoms with E-state index in [1.54, 1.807) is 42.7 Å². The first-order valence-electron chi connectivity index (χ1n) is 12.0. The normalized spacial score (nSPS) is 14.9. The standard InChI is InChI=1S/C26H26F2N8O/c1-18(17-34-12-14-35(15-13-34)26-29-10-5-11-30-26)31-25(37)23-24(19-6-3-2-4-7-19)36(33-32-23)22-9-8-20(27)16-21(22)28/h2-11,16,18H,12-15,17H2,1H3,(H,31,37). The van der Waals surface area contributed by atoms with Gasteiger partial charge in [-0.15, -0.1) is 5.10 Å². The number of nitrogens with one attached hydrogen (secondary N) is 1. The van der Waals surface area contributed by atoms with Gasteiger partial charge in [0.15, 0.2) is 11.5 Å². The van der Waals surface area contributed by atoms with E-state index in [9.17, 15) is 13.6 Å². The molecule has 2 aromatic carbocycles. The van der Waals surface area contributed by atoms with Crippen molar-refractivity contribution in [1.29, 1.82) is 0 Å². The van der Waals surface area contributed by atoms with Crippen LogP contribution in [-0.2, 0) is 0 Å². The highest BCUT2D eigenvalue weighted by molar-refractivity contribution is 5.98. The molecule has 9 nitrogen and oxygen atoms in total. The summed E-state index contributed by atoms with van der Waals surface area (Å²) in [5, 5.41) is 11.1. The molecule has 1 aliphatic rings. The highest BCUT2D eigenvalue weighted by Crippen LogP contribution is 2.27. The minimum atomic E-state index is -0.803. The van der Waals surface area contributed by atoms with Crippen molar-refractivity contribution in [2.24, 2.45) is 0 Å². The fourth-order valence-corrected chi connectivity index (χ4v) is 4.42. The number of carbonyl (C=O) groups excluding carboxylic acids is 1. The molecule has 37 heavy (non-hydrogen) atoms. The summed E-state index contributed by atoms with van der Waals surface area (Å²) in [7, 11) is 0. The maximum absolute atomic E-state index is 14.6. The molecule has 3 heterocycles. The second kappa shape index (κ2) is 10.8. The number of halogens is 2. The Bertz CT molecular complexity index is 1360. The molecule has 4 aromatic rings. The average Bonchev–Trinajstić information content (AvgIpc) is 3.35. The third kappa shape index (κ3) is 5.46. The Hall–Kier alpha value is -4.25. The molecular weight excluding hydrogens is 478 g/mol. The predicted octanol–water partition coefficient (Wildman–Crippen LogP) is 2.94. The molecule has 1 amide bonds. The van der Waals surface area contributed by atoms with Gasteiger partial charge in [0, 0.05) is 62.8 Å². The SMILES string of the molecule is CC(CN1CCN(c2ncccn2)CC1)NC(=O)c1nnn(-c2ccc(F)cc2F)c1-c1ccccc1. The van der Waals surface area contributed by atoms with Crippen LogP contribution in [0.4, 0.5) is 14.7 Å². The van der Waals surface area contributed by atoms with Gasteiger partial charge >= 0.3 is 0 Å². The topological polar surface area (TPSA) is 92.1 Å². The summed E-state index contributed by atoms with van der Waals surface area (Å²) in [4.78, 5) is 26.3. The molecule has 1 unspecified atom stereocenters. The van der Waals surface area contributed by atoms with Gasteiger partial charge in [0.05, 0.1) is 0 Å². The molecule has 1 atom stereocenters. The number of hydrogen-bond donors (Lipinski definition) is 1. The quantitative estimate of drug-likeness (QED) is 0.414. The van der Waals surface area contributed by atoms with Crippen molar-refractivity contribution in [2.75, 3.05) is 37.6 Å². The first-order chi connectivity index (χ1) is 18.0. The monoisotopic (exact) mass is 504 g/mol. The molecule has 1 aliphatic heterocycles. The van der Waals surface area contributed by atoms with Crippen LogP contribution in [0.5, 0.6) is 0 Å². The van der Waals surface area contributed by atoms with Crippen LogP contribution in [0.15, 0.2) is 67.0 Å². The molecule has 1 fully saturated rings. The van der Waals surface area contributed by atoms with Crippen molar-refractivity contribution in [3.05, 3.63) is 84.3 Å². The third-order valence-electron chi connectivity index (χ3n) is 6.19. The van der Waals surface area contributed by atoms with Gasteiger partial charge in [-0.3, -0.25) is 9.69 Å². The van der Waals surface area contributed by atoms with Gasteiger partial charge in [-0.25, -0.2) is 23.4 Å². The lowest BCUT2D eigenvalue weighted by molar-refractivity contribution is 0.0923. The third-order valence-corrected chi connectivity index (χ3v) is 6.19. The highest BCUT2D eigenvalue weighted by Gasteiger charge is 2.26. The van der Waals surface area contributed by atoms with Gasteiger partial charge < -0.3 is 10.2 Å². The number of carbonyl (C=O) groups is 1. The van der Waals surface area contributed by atoms with Gasteiger partial charge in [-0.1, -0.05) is 35.5 Å². The van der Waals surface area contributed by atoms with E-state index < -0.39 is 17.5 Å². The summed E-state index contributed by atoms with van der Waals surface area (Å²) < 4.78 is 29.3. The maximum atomic E-state index is 14.6. The fraction of sp³-hybridized carbons (Fsp3) is 0.269. The molecule has 0 saturated carbocycles. The van der Waals surface area contributed by atoms with E-state index in [1.165, 1.54) is 10.7 Å². The van der Waals surface area contributed by atoms with Crippen molar-refractivity contribution in [2.45, 2.75) is 13.0 Å². The first kappa shape index (κ1) is 24.4. The Balaban J connectivity index is 1.30. The zero-order valence-electron chi connectivity index (χ0n) is 20.3. The van der Waals surface area contributed by atoms with Gasteiger partial charge in [0.1, 0.15) is 17.2 Å². The molecule has 190 valence electrons. The Kier molecular flexibility index (Phi) is 7.13. The highest BCUT2D eigenvalue weighted by atomic mass is 19.1. The number of anilines is 1. The lowest BCUT2D eigenvalue weighted by Crippen LogP contribution is -2.51. The zero-order valence-corrected chi connectivity index (χ0v) is 20.3. The van der Waals surface area contributed by atoms with Crippen molar-refractivity contribution >= 4 is 11.9 Å². The predicted molar refractivity (Wildman–Crippen MR) is 134 cm³/mol. The molecule has 1 saturated heterocycles. The molecular formula is C26H26F2N8O. The smallest absolute Gasteiger partial charge is 0.274 e. The van der Waals surface area contributed by atoms with Crippen molar-refractivity contribution in [1.82, 2.24) is 35.2 Å². The lowest BCUT2D eigenvalue weighted by atomic mass is 10.1. The Morgan fingerprint density at radius 2 is 1.73 bits per heavy atom. The number of piperazine rings is 1. The minimum absolute atomic E-state index is 0.000109. The average molecular weight is 505 g/mol. The fourth-order valence-electron chi connectivity index (χ4n) is 4.42. The Morgan fingerprint density at radius 3 is 2.43 bits per heavy atom. The van der Waals surface area contributed by atoms with Crippen LogP contribution < -0.4 is 10.2 Å². The Morgan fingerprint density at radius 1 is 1.00 bits per heavy atom. The van der Waals surface area contributed by atoms with Crippen LogP contribution in [0.3, 0.4) is 0 Å². The van der Waals surface area contributed by atoms with Gasteiger partial charge in [-0.05, 0) is 25.1 Å². The van der Waals surface area contributed by atoms with Crippen LogP contribution in [0.1, 0.15) is 17.4 Å². The summed E-state index contributed by atoms with van der Waals surface area (Å²) in [6, 6.07) is 13.8. The summed E-state index contributed by atoms with van der Waals surface area (Å²) in [5.74, 6) is -1.21. The zero-order chi connectivity index (χ0) is 25.8. The molecule has 0 radical (unpaired) electrons. The van der Waals surface area contributed by atoms with E-state index >= 15 is 0 Å². The molecule has 0 bridgehead atoms. The summed E-state index contributed by atoms with van der Waals surface area (Å²) in [5.41, 5.74) is 1.02. The molecule has 0 spiro atoms. The number of amides is 1. The van der Waals surface area contributed by atoms with E-state index in [4.69, 9.17) is 0 Å². The molecule has 11 heteroatoms. The van der Waals surface area contributed by atoms with E-state index in [1.807, 2.05) is 13.0 Å². The summed E-state index contributed by atoms with van der Waals surface area (Å²) in [6.07, 6.45) is 3.47. The van der Waals surface area contributed by atoms with Crippen LogP contribution >= 0.6 is 0 Å². The van der Waals surface area contributed by atoms with Crippen molar-refractivity contribution < 1.29 is 13.6 Å². The molecule has 0 aliphatic carbocycles. The van der Waals surface area contributed by atoms with E-state index in [0.29, 0.717) is 17.8 Å². The van der Waals surface area contributed by atoms with Crippen LogP contribution in [-0.4, -0.2) is 74.5 Å². The van der Waals surface area contributed by atoms with Gasteiger partial charge in [0.2, 0.25) is 5.95 Å². The van der Waals surface area contributed by atoms with E-state index in [-0.39, 0.29) is 17.4 Å². The molecule has 2 aromatic heterocycles. The first-order valence-corrected chi connectivity index (χ1v) is 12.0. The minimum Gasteiger partial charge on any atom is -0.347 e. The number of aromatic nitrogens is 5. The molecule has 1 N–H and O–H groups in total. The summed E-state index contributed by atoms with van der Waals surface area (Å²) in [6.45, 7) is 5.79. The number of nitrogens with zero attached hydrogens (tertiary/aromatic N) is 7. The van der Waals surface area contributed by atoms with E-state index in [0.717, 1.165) is 44.3 Å². The maximum Gasteiger partial charge on any atom is 0.274 e. The number of hydrogen-bond acceptors (Lipinski definition) is 7. The number of benzene rings is 2. The largest absolute Gasteiger partial charge is 0.347 e. The van der Waals surface area contributed by atoms with E-state index in [2.05, 4.69) is 35.4 Å². The molecule has 5 rings (SSSR count). The number of rotatable bonds is 7. The lowest BCUT2D eigenvalue weighted by Gasteiger charge is -2.35. The second-order valence-electron chi connectivity index (χ2n) is 8.87. The van der Waals surface area contributed by atoms with Crippen LogP contribution in [0, 0.1) is 11.6 Å². The second-order valence-corrected chi connectivity index (χ2v) is 8.87. The van der Waals surface area contributed by atoms with Crippen molar-refractivity contribution in [3.8, 4) is 16.9 Å². The Labute approximate surface area is 212 Å². The van der Waals surface area contributed by atoms with Gasteiger partial charge in [-0.2, -0.15) is 0 Å².